The van der Waals surface area contributed by atoms with Gasteiger partial charge in [0.1, 0.15) is 0 Å². The molecule has 2 rings (SSSR count). The van der Waals surface area contributed by atoms with Crippen molar-refractivity contribution in [1.82, 2.24) is 20.9 Å². The van der Waals surface area contributed by atoms with Crippen LogP contribution in [0.4, 0.5) is 0 Å². The third kappa shape index (κ3) is 6.95. The van der Waals surface area contributed by atoms with Gasteiger partial charge in [0, 0.05) is 51.9 Å². The van der Waals surface area contributed by atoms with Gasteiger partial charge in [0.25, 0.3) is 11.8 Å². The molecule has 154 valence electrons. The van der Waals surface area contributed by atoms with Gasteiger partial charge in [0.05, 0.1) is 0 Å². The van der Waals surface area contributed by atoms with E-state index in [1.54, 1.807) is 32.1 Å². The highest BCUT2D eigenvalue weighted by atomic mass is 16.2. The van der Waals surface area contributed by atoms with Crippen LogP contribution >= 0.6 is 0 Å². The predicted octanol–water partition coefficient (Wildman–Crippen LogP) is 1.79. The molecule has 0 saturated carbocycles. The standard InChI is InChI=1S/C22H29N5O2/c1-16-6-5-7-19(14-16)20(28)24-12-13-25-22(23-2)26-15-17-8-10-18(11-9-17)21(29)27(3)4/h5-11,14H,12-13,15H2,1-4H3,(H,24,28)(H2,23,25,26). The fourth-order valence-electron chi connectivity index (χ4n) is 2.68. The van der Waals surface area contributed by atoms with Crippen molar-refractivity contribution in [2.75, 3.05) is 34.2 Å². The molecule has 0 spiro atoms. The number of carbonyl (C=O) groups excluding carboxylic acids is 2. The molecular formula is C22H29N5O2. The number of nitrogens with one attached hydrogen (secondary N) is 3. The number of guanidine groups is 1. The van der Waals surface area contributed by atoms with E-state index in [-0.39, 0.29) is 11.8 Å². The second-order valence-electron chi connectivity index (χ2n) is 6.87. The van der Waals surface area contributed by atoms with Crippen LogP contribution in [0.3, 0.4) is 0 Å². The van der Waals surface area contributed by atoms with Gasteiger partial charge in [-0.25, -0.2) is 0 Å². The Kier molecular flexibility index (Phi) is 8.21. The lowest BCUT2D eigenvalue weighted by molar-refractivity contribution is 0.0827. The monoisotopic (exact) mass is 395 g/mol. The fraction of sp³-hybridized carbons (Fsp3) is 0.318. The first-order chi connectivity index (χ1) is 13.9. The maximum Gasteiger partial charge on any atom is 0.253 e. The van der Waals surface area contributed by atoms with E-state index in [2.05, 4.69) is 20.9 Å². The number of nitrogens with zero attached hydrogens (tertiary/aromatic N) is 2. The molecule has 0 bridgehead atoms. The van der Waals surface area contributed by atoms with Crippen molar-refractivity contribution in [3.63, 3.8) is 0 Å². The van der Waals surface area contributed by atoms with Crippen molar-refractivity contribution >= 4 is 17.8 Å². The molecule has 0 atom stereocenters. The molecule has 0 fully saturated rings. The Bertz CT molecular complexity index is 860. The van der Waals surface area contributed by atoms with E-state index in [4.69, 9.17) is 0 Å². The van der Waals surface area contributed by atoms with E-state index >= 15 is 0 Å². The molecule has 2 aromatic rings. The second kappa shape index (κ2) is 10.8. The number of rotatable bonds is 7. The molecule has 2 amide bonds. The van der Waals surface area contributed by atoms with Crippen molar-refractivity contribution in [2.24, 2.45) is 4.99 Å². The zero-order valence-corrected chi connectivity index (χ0v) is 17.5. The fourth-order valence-corrected chi connectivity index (χ4v) is 2.68. The number of hydrogen-bond donors (Lipinski definition) is 3. The van der Waals surface area contributed by atoms with Gasteiger partial charge in [0.15, 0.2) is 5.96 Å². The molecule has 0 heterocycles. The first-order valence-corrected chi connectivity index (χ1v) is 9.50. The van der Waals surface area contributed by atoms with Crippen LogP contribution in [0.15, 0.2) is 53.5 Å². The molecule has 0 aliphatic carbocycles. The highest BCUT2D eigenvalue weighted by molar-refractivity contribution is 5.94. The van der Waals surface area contributed by atoms with Crippen LogP contribution in [0.2, 0.25) is 0 Å². The van der Waals surface area contributed by atoms with E-state index in [1.807, 2.05) is 49.4 Å². The Balaban J connectivity index is 1.74. The van der Waals surface area contributed by atoms with Crippen molar-refractivity contribution in [2.45, 2.75) is 13.5 Å². The largest absolute Gasteiger partial charge is 0.355 e. The van der Waals surface area contributed by atoms with Gasteiger partial charge in [-0.2, -0.15) is 0 Å². The van der Waals surface area contributed by atoms with Crippen LogP contribution < -0.4 is 16.0 Å². The van der Waals surface area contributed by atoms with Gasteiger partial charge in [-0.15, -0.1) is 0 Å². The van der Waals surface area contributed by atoms with Crippen LogP contribution in [-0.2, 0) is 6.54 Å². The molecule has 0 aliphatic rings. The lowest BCUT2D eigenvalue weighted by Crippen LogP contribution is -2.41. The zero-order chi connectivity index (χ0) is 21.2. The average molecular weight is 396 g/mol. The van der Waals surface area contributed by atoms with E-state index in [0.29, 0.717) is 36.7 Å². The number of carbonyl (C=O) groups is 2. The summed E-state index contributed by atoms with van der Waals surface area (Å²) in [5.41, 5.74) is 3.41. The summed E-state index contributed by atoms with van der Waals surface area (Å²) in [5, 5.41) is 9.27. The SMILES string of the molecule is CN=C(NCCNC(=O)c1cccc(C)c1)NCc1ccc(C(=O)N(C)C)cc1. The summed E-state index contributed by atoms with van der Waals surface area (Å²) < 4.78 is 0. The average Bonchev–Trinajstić information content (AvgIpc) is 2.72. The van der Waals surface area contributed by atoms with Crippen molar-refractivity contribution < 1.29 is 9.59 Å². The molecule has 0 aliphatic heterocycles. The Morgan fingerprint density at radius 3 is 2.24 bits per heavy atom. The molecule has 2 aromatic carbocycles. The maximum atomic E-state index is 12.1. The minimum atomic E-state index is -0.0918. The van der Waals surface area contributed by atoms with E-state index in [9.17, 15) is 9.59 Å². The molecule has 7 nitrogen and oxygen atoms in total. The minimum absolute atomic E-state index is 0.0188. The number of amides is 2. The van der Waals surface area contributed by atoms with Gasteiger partial charge in [-0.1, -0.05) is 29.8 Å². The third-order valence-electron chi connectivity index (χ3n) is 4.27. The zero-order valence-electron chi connectivity index (χ0n) is 17.5. The highest BCUT2D eigenvalue weighted by Crippen LogP contribution is 2.06. The first kappa shape index (κ1) is 21.9. The quantitative estimate of drug-likeness (QED) is 0.379. The lowest BCUT2D eigenvalue weighted by atomic mass is 10.1. The Morgan fingerprint density at radius 2 is 1.62 bits per heavy atom. The van der Waals surface area contributed by atoms with Crippen molar-refractivity contribution in [3.05, 3.63) is 70.8 Å². The predicted molar refractivity (Wildman–Crippen MR) is 116 cm³/mol. The van der Waals surface area contributed by atoms with E-state index in [0.717, 1.165) is 11.1 Å². The minimum Gasteiger partial charge on any atom is -0.355 e. The van der Waals surface area contributed by atoms with Crippen LogP contribution in [0.1, 0.15) is 31.8 Å². The summed E-state index contributed by atoms with van der Waals surface area (Å²) in [6.45, 7) is 3.57. The number of hydrogen-bond acceptors (Lipinski definition) is 3. The summed E-state index contributed by atoms with van der Waals surface area (Å²) in [7, 11) is 5.16. The van der Waals surface area contributed by atoms with Crippen LogP contribution in [0, 0.1) is 6.92 Å². The van der Waals surface area contributed by atoms with Crippen molar-refractivity contribution in [1.29, 1.82) is 0 Å². The van der Waals surface area contributed by atoms with Gasteiger partial charge < -0.3 is 20.9 Å². The number of aryl methyl sites for hydroxylation is 1. The third-order valence-corrected chi connectivity index (χ3v) is 4.27. The summed E-state index contributed by atoms with van der Waals surface area (Å²) in [5.74, 6) is 0.531. The number of benzene rings is 2. The molecular weight excluding hydrogens is 366 g/mol. The molecule has 3 N–H and O–H groups in total. The Labute approximate surface area is 172 Å². The molecule has 0 saturated heterocycles. The lowest BCUT2D eigenvalue weighted by Gasteiger charge is -2.13. The normalized spacial score (nSPS) is 11.0. The molecule has 7 heteroatoms. The van der Waals surface area contributed by atoms with E-state index in [1.165, 1.54) is 0 Å². The van der Waals surface area contributed by atoms with Crippen LogP contribution in [0.5, 0.6) is 0 Å². The van der Waals surface area contributed by atoms with Gasteiger partial charge in [-0.3, -0.25) is 14.6 Å². The molecule has 29 heavy (non-hydrogen) atoms. The smallest absolute Gasteiger partial charge is 0.253 e. The van der Waals surface area contributed by atoms with Gasteiger partial charge in [0.2, 0.25) is 0 Å². The van der Waals surface area contributed by atoms with E-state index < -0.39 is 0 Å². The van der Waals surface area contributed by atoms with Gasteiger partial charge in [-0.05, 0) is 36.8 Å². The summed E-state index contributed by atoms with van der Waals surface area (Å²) in [4.78, 5) is 29.8. The topological polar surface area (TPSA) is 85.8 Å². The summed E-state index contributed by atoms with van der Waals surface area (Å²) in [6.07, 6.45) is 0. The van der Waals surface area contributed by atoms with Crippen molar-refractivity contribution in [3.8, 4) is 0 Å². The first-order valence-electron chi connectivity index (χ1n) is 9.50. The van der Waals surface area contributed by atoms with Gasteiger partial charge >= 0.3 is 0 Å². The number of aliphatic imine (C=N–C) groups is 1. The summed E-state index contributed by atoms with van der Waals surface area (Å²) in [6, 6.07) is 15.0. The summed E-state index contributed by atoms with van der Waals surface area (Å²) >= 11 is 0. The Hall–Kier alpha value is -3.35. The molecule has 0 radical (unpaired) electrons. The second-order valence-corrected chi connectivity index (χ2v) is 6.87. The highest BCUT2D eigenvalue weighted by Gasteiger charge is 2.07. The maximum absolute atomic E-state index is 12.1. The molecule has 0 aromatic heterocycles. The van der Waals surface area contributed by atoms with Crippen LogP contribution in [0.25, 0.3) is 0 Å². The van der Waals surface area contributed by atoms with Crippen LogP contribution in [-0.4, -0.2) is 56.9 Å². The molecule has 0 unspecified atom stereocenters. The Morgan fingerprint density at radius 1 is 0.931 bits per heavy atom.